The summed E-state index contributed by atoms with van der Waals surface area (Å²) in [6, 6.07) is 0. The minimum atomic E-state index is -2.39. The molecule has 0 saturated carbocycles. The second-order valence-electron chi connectivity index (χ2n) is 6.45. The van der Waals surface area contributed by atoms with E-state index in [1.807, 2.05) is 0 Å². The van der Waals surface area contributed by atoms with Crippen LogP contribution in [-0.2, 0) is 18.3 Å². The smallest absolute Gasteiger partial charge is 0.257 e. The molecule has 0 aromatic heterocycles. The van der Waals surface area contributed by atoms with Gasteiger partial charge in [-0.05, 0) is 18.3 Å². The molecule has 0 aliphatic carbocycles. The first-order valence-corrected chi connectivity index (χ1v) is 14.2. The predicted octanol–water partition coefficient (Wildman–Crippen LogP) is -0.0232. The molecule has 0 aromatic carbocycles. The van der Waals surface area contributed by atoms with E-state index in [1.54, 1.807) is 19.6 Å². The van der Waals surface area contributed by atoms with Crippen molar-refractivity contribution in [3.8, 4) is 0 Å². The molecule has 0 aromatic rings. The highest BCUT2D eigenvalue weighted by Gasteiger charge is 2.28. The summed E-state index contributed by atoms with van der Waals surface area (Å²) in [7, 11) is -9.58. The molecule has 4 atom stereocenters. The van der Waals surface area contributed by atoms with Gasteiger partial charge in [-0.15, -0.1) is 0 Å². The van der Waals surface area contributed by atoms with Crippen LogP contribution in [0, 0.1) is 0 Å². The van der Waals surface area contributed by atoms with Crippen molar-refractivity contribution in [3.05, 3.63) is 0 Å². The Labute approximate surface area is 167 Å². The third kappa shape index (κ3) is 12.6. The van der Waals surface area contributed by atoms with Crippen LogP contribution in [0.25, 0.3) is 0 Å². The Hall–Kier alpha value is 0.0800. The molecule has 1 heterocycles. The van der Waals surface area contributed by atoms with Crippen molar-refractivity contribution < 1.29 is 37.8 Å². The minimum absolute atomic E-state index is 0.0509. The molecule has 0 amide bonds. The van der Waals surface area contributed by atoms with Crippen molar-refractivity contribution in [1.29, 1.82) is 0 Å². The molecule has 1 aliphatic rings. The molecule has 0 bridgehead atoms. The molecule has 4 unspecified atom stereocenters. The third-order valence-corrected chi connectivity index (χ3v) is 6.78. The van der Waals surface area contributed by atoms with Gasteiger partial charge in [0.1, 0.15) is 0 Å². The highest BCUT2D eigenvalue weighted by atomic mass is 31.1. The summed E-state index contributed by atoms with van der Waals surface area (Å²) in [5, 5.41) is 0. The van der Waals surface area contributed by atoms with Crippen molar-refractivity contribution in [2.24, 2.45) is 0 Å². The zero-order valence-corrected chi connectivity index (χ0v) is 19.1. The van der Waals surface area contributed by atoms with Crippen LogP contribution >= 0.6 is 32.1 Å². The predicted molar refractivity (Wildman–Crippen MR) is 105 cm³/mol. The first-order chi connectivity index (χ1) is 13.2. The summed E-state index contributed by atoms with van der Waals surface area (Å²) in [5.41, 5.74) is 0. The SMILES string of the molecule is O=[P+](O)CN1CCN(C[P+](=O)O)CCN(C[P+](=O)O)CCN(C[P+](=O)O)CC1. The van der Waals surface area contributed by atoms with Gasteiger partial charge in [-0.25, -0.2) is 0 Å². The highest BCUT2D eigenvalue weighted by Crippen LogP contribution is 2.20. The maximum Gasteiger partial charge on any atom is 0.521 e. The fourth-order valence-electron chi connectivity index (χ4n) is 2.83. The van der Waals surface area contributed by atoms with Gasteiger partial charge in [0.05, 0.1) is 0 Å². The van der Waals surface area contributed by atoms with Crippen LogP contribution in [0.5, 0.6) is 0 Å². The first kappa shape index (κ1) is 26.1. The van der Waals surface area contributed by atoms with E-state index in [-0.39, 0.29) is 25.1 Å². The molecule has 28 heavy (non-hydrogen) atoms. The monoisotopic (exact) mass is 480 g/mol. The van der Waals surface area contributed by atoms with E-state index in [4.69, 9.17) is 0 Å². The highest BCUT2D eigenvalue weighted by molar-refractivity contribution is 7.38. The van der Waals surface area contributed by atoms with Crippen LogP contribution in [0.3, 0.4) is 0 Å². The van der Waals surface area contributed by atoms with Gasteiger partial charge in [0.2, 0.25) is 25.1 Å². The summed E-state index contributed by atoms with van der Waals surface area (Å²) in [6.07, 6.45) is -0.204. The second kappa shape index (κ2) is 14.1. The summed E-state index contributed by atoms with van der Waals surface area (Å²) < 4.78 is 45.0. The molecule has 4 N–H and O–H groups in total. The number of rotatable bonds is 8. The summed E-state index contributed by atoms with van der Waals surface area (Å²) in [4.78, 5) is 44.0. The van der Waals surface area contributed by atoms with Gasteiger partial charge < -0.3 is 0 Å². The van der Waals surface area contributed by atoms with E-state index in [1.165, 1.54) is 0 Å². The first-order valence-electron chi connectivity index (χ1n) is 8.59. The van der Waals surface area contributed by atoms with Gasteiger partial charge >= 0.3 is 32.1 Å². The lowest BCUT2D eigenvalue weighted by Gasteiger charge is -2.28. The van der Waals surface area contributed by atoms with E-state index in [0.29, 0.717) is 52.4 Å². The quantitative estimate of drug-likeness (QED) is 0.344. The van der Waals surface area contributed by atoms with Crippen LogP contribution < -0.4 is 0 Å². The lowest BCUT2D eigenvalue weighted by Crippen LogP contribution is -2.45. The van der Waals surface area contributed by atoms with E-state index in [0.717, 1.165) is 0 Å². The summed E-state index contributed by atoms with van der Waals surface area (Å²) in [6.45, 7) is 3.10. The Morgan fingerprint density at radius 1 is 0.429 bits per heavy atom. The number of hydrogen-bond donors (Lipinski definition) is 4. The Balaban J connectivity index is 2.90. The topological polar surface area (TPSA) is 162 Å². The molecular weight excluding hydrogens is 452 g/mol. The maximum atomic E-state index is 11.3. The molecule has 160 valence electrons. The fourth-order valence-corrected chi connectivity index (χ4v) is 5.33. The van der Waals surface area contributed by atoms with E-state index in [2.05, 4.69) is 0 Å². The molecule has 1 rings (SSSR count). The second-order valence-corrected chi connectivity index (χ2v) is 10.4. The van der Waals surface area contributed by atoms with Crippen LogP contribution in [0.4, 0.5) is 0 Å². The summed E-state index contributed by atoms with van der Waals surface area (Å²) in [5.74, 6) is 0. The Kier molecular flexibility index (Phi) is 13.2. The van der Waals surface area contributed by atoms with E-state index >= 15 is 0 Å². The molecule has 0 radical (unpaired) electrons. The Bertz CT molecular complexity index is 460. The van der Waals surface area contributed by atoms with Crippen molar-refractivity contribution in [2.45, 2.75) is 0 Å². The van der Waals surface area contributed by atoms with Crippen molar-refractivity contribution >= 4 is 32.1 Å². The van der Waals surface area contributed by atoms with Crippen molar-refractivity contribution in [3.63, 3.8) is 0 Å². The van der Waals surface area contributed by atoms with Crippen LogP contribution in [-0.4, -0.2) is 117 Å². The van der Waals surface area contributed by atoms with Gasteiger partial charge in [0, 0.05) is 52.4 Å². The van der Waals surface area contributed by atoms with E-state index in [9.17, 15) is 37.8 Å². The lowest BCUT2D eigenvalue weighted by molar-refractivity contribution is 0.161. The van der Waals surface area contributed by atoms with Crippen molar-refractivity contribution in [2.75, 3.05) is 77.5 Å². The number of hydrogen-bond acceptors (Lipinski definition) is 8. The number of nitrogens with zero attached hydrogens (tertiary/aromatic N) is 4. The molecule has 16 heteroatoms. The van der Waals surface area contributed by atoms with E-state index < -0.39 is 32.1 Å². The zero-order chi connectivity index (χ0) is 21.1. The average Bonchev–Trinajstić information content (AvgIpc) is 2.55. The van der Waals surface area contributed by atoms with Gasteiger partial charge in [0.15, 0.2) is 0 Å². The van der Waals surface area contributed by atoms with Gasteiger partial charge in [-0.2, -0.15) is 19.6 Å². The molecular formula is C12H28N4O8P4+4. The molecule has 12 nitrogen and oxygen atoms in total. The van der Waals surface area contributed by atoms with Gasteiger partial charge in [0.25, 0.3) is 0 Å². The molecule has 1 aliphatic heterocycles. The Morgan fingerprint density at radius 2 is 0.571 bits per heavy atom. The third-order valence-electron chi connectivity index (χ3n) is 4.21. The molecule has 0 spiro atoms. The normalized spacial score (nSPS) is 22.1. The fraction of sp³-hybridized carbons (Fsp3) is 1.00. The largest absolute Gasteiger partial charge is 0.521 e. The van der Waals surface area contributed by atoms with Gasteiger partial charge in [-0.1, -0.05) is 0 Å². The Morgan fingerprint density at radius 3 is 0.679 bits per heavy atom. The van der Waals surface area contributed by atoms with Gasteiger partial charge in [-0.3, -0.25) is 19.6 Å². The van der Waals surface area contributed by atoms with Crippen molar-refractivity contribution in [1.82, 2.24) is 19.6 Å². The molecule has 1 fully saturated rings. The average molecular weight is 480 g/mol. The standard InChI is InChI=1S/C12H24N4O8P4/c17-25(18)9-13-1-2-14(10-26(19)20)5-6-16(12-28(23)24)8-7-15(4-3-13)11-27(21)22/h1-12H2/p+4. The lowest BCUT2D eigenvalue weighted by atomic mass is 10.4. The molecule has 1 saturated heterocycles. The van der Waals surface area contributed by atoms with Crippen LogP contribution in [0.2, 0.25) is 0 Å². The van der Waals surface area contributed by atoms with Crippen LogP contribution in [0.1, 0.15) is 0 Å². The van der Waals surface area contributed by atoms with Crippen LogP contribution in [0.15, 0.2) is 0 Å². The summed E-state index contributed by atoms with van der Waals surface area (Å²) >= 11 is 0. The zero-order valence-electron chi connectivity index (χ0n) is 15.5. The minimum Gasteiger partial charge on any atom is -0.257 e. The maximum absolute atomic E-state index is 11.3.